The molecule has 2 aliphatic rings. The normalized spacial score (nSPS) is 29.9. The summed E-state index contributed by atoms with van der Waals surface area (Å²) in [6.45, 7) is 2.41. The van der Waals surface area contributed by atoms with Crippen LogP contribution in [0.1, 0.15) is 42.9 Å². The van der Waals surface area contributed by atoms with E-state index in [9.17, 15) is 0 Å². The predicted octanol–water partition coefficient (Wildman–Crippen LogP) is 2.85. The quantitative estimate of drug-likeness (QED) is 0.857. The number of aryl methyl sites for hydroxylation is 1. The van der Waals surface area contributed by atoms with Crippen molar-refractivity contribution >= 4 is 0 Å². The first-order valence-corrected chi connectivity index (χ1v) is 7.77. The second-order valence-corrected chi connectivity index (χ2v) is 6.07. The second-order valence-electron chi connectivity index (χ2n) is 6.07. The summed E-state index contributed by atoms with van der Waals surface area (Å²) < 4.78 is 11.2. The Morgan fingerprint density at radius 1 is 1.35 bits per heavy atom. The van der Waals surface area contributed by atoms with Gasteiger partial charge in [0.1, 0.15) is 5.60 Å². The lowest BCUT2D eigenvalue weighted by Crippen LogP contribution is -2.44. The van der Waals surface area contributed by atoms with Crippen LogP contribution in [0.25, 0.3) is 0 Å². The van der Waals surface area contributed by atoms with E-state index >= 15 is 0 Å². The van der Waals surface area contributed by atoms with Crippen molar-refractivity contribution in [2.24, 2.45) is 0 Å². The van der Waals surface area contributed by atoms with Crippen LogP contribution >= 0.6 is 0 Å². The molecule has 0 spiro atoms. The largest absolute Gasteiger partial charge is 0.378 e. The van der Waals surface area contributed by atoms with Crippen LogP contribution in [0.4, 0.5) is 0 Å². The van der Waals surface area contributed by atoms with Crippen molar-refractivity contribution < 1.29 is 9.47 Å². The van der Waals surface area contributed by atoms with Gasteiger partial charge in [0.15, 0.2) is 0 Å². The van der Waals surface area contributed by atoms with Gasteiger partial charge in [-0.1, -0.05) is 30.7 Å². The zero-order valence-corrected chi connectivity index (χ0v) is 12.4. The van der Waals surface area contributed by atoms with Crippen LogP contribution in [0.2, 0.25) is 0 Å². The Morgan fingerprint density at radius 2 is 2.25 bits per heavy atom. The van der Waals surface area contributed by atoms with Gasteiger partial charge in [0.25, 0.3) is 0 Å². The fourth-order valence-corrected chi connectivity index (χ4v) is 3.40. The van der Waals surface area contributed by atoms with Gasteiger partial charge >= 0.3 is 0 Å². The van der Waals surface area contributed by atoms with Crippen LogP contribution < -0.4 is 5.32 Å². The molecule has 3 heteroatoms. The Morgan fingerprint density at radius 3 is 3.05 bits per heavy atom. The minimum Gasteiger partial charge on any atom is -0.378 e. The van der Waals surface area contributed by atoms with Gasteiger partial charge in [0, 0.05) is 32.7 Å². The maximum absolute atomic E-state index is 5.72. The summed E-state index contributed by atoms with van der Waals surface area (Å²) in [5.41, 5.74) is 2.87. The first-order chi connectivity index (χ1) is 9.83. The molecule has 110 valence electrons. The lowest BCUT2D eigenvalue weighted by Gasteiger charge is -2.29. The highest BCUT2D eigenvalue weighted by molar-refractivity contribution is 5.31. The first-order valence-electron chi connectivity index (χ1n) is 7.77. The average molecular weight is 275 g/mol. The zero-order valence-electron chi connectivity index (χ0n) is 12.4. The van der Waals surface area contributed by atoms with Gasteiger partial charge in [-0.25, -0.2) is 0 Å². The Balaban J connectivity index is 1.70. The summed E-state index contributed by atoms with van der Waals surface area (Å²) in [5.74, 6) is 0. The summed E-state index contributed by atoms with van der Waals surface area (Å²) in [4.78, 5) is 0. The molecule has 1 N–H and O–H groups in total. The summed E-state index contributed by atoms with van der Waals surface area (Å²) in [6.07, 6.45) is 6.02. The smallest absolute Gasteiger partial charge is 0.106 e. The van der Waals surface area contributed by atoms with Gasteiger partial charge in [-0.15, -0.1) is 0 Å². The number of benzene rings is 1. The van der Waals surface area contributed by atoms with Crippen molar-refractivity contribution in [3.8, 4) is 0 Å². The van der Waals surface area contributed by atoms with Gasteiger partial charge in [0.2, 0.25) is 0 Å². The van der Waals surface area contributed by atoms with E-state index in [4.69, 9.17) is 9.47 Å². The van der Waals surface area contributed by atoms with Crippen LogP contribution in [0.3, 0.4) is 0 Å². The molecule has 1 fully saturated rings. The van der Waals surface area contributed by atoms with Crippen molar-refractivity contribution in [2.75, 3.05) is 26.9 Å². The van der Waals surface area contributed by atoms with Gasteiger partial charge in [-0.05, 0) is 30.4 Å². The molecule has 1 aliphatic heterocycles. The molecule has 1 aromatic carbocycles. The topological polar surface area (TPSA) is 30.5 Å². The minimum atomic E-state index is -0.124. The third-order valence-electron chi connectivity index (χ3n) is 4.79. The van der Waals surface area contributed by atoms with Crippen molar-refractivity contribution in [3.63, 3.8) is 0 Å². The van der Waals surface area contributed by atoms with Gasteiger partial charge in [-0.2, -0.15) is 0 Å². The molecule has 0 saturated carbocycles. The van der Waals surface area contributed by atoms with E-state index in [1.807, 2.05) is 0 Å². The monoisotopic (exact) mass is 275 g/mol. The van der Waals surface area contributed by atoms with E-state index < -0.39 is 0 Å². The lowest BCUT2D eigenvalue weighted by molar-refractivity contribution is -0.0177. The summed E-state index contributed by atoms with van der Waals surface area (Å²) in [5, 5.41) is 3.75. The standard InChI is InChI=1S/C17H25NO2/c1-19-17(10-11-20-13-17)12-18-16-9-5-3-7-14-6-2-4-8-15(14)16/h2,4,6,8,16,18H,3,5,7,9-13H2,1H3. The molecule has 1 aromatic rings. The number of hydrogen-bond acceptors (Lipinski definition) is 3. The van der Waals surface area contributed by atoms with Crippen molar-refractivity contribution in [1.29, 1.82) is 0 Å². The molecule has 3 nitrogen and oxygen atoms in total. The molecule has 1 heterocycles. The highest BCUT2D eigenvalue weighted by Crippen LogP contribution is 2.30. The minimum absolute atomic E-state index is 0.124. The predicted molar refractivity (Wildman–Crippen MR) is 79.9 cm³/mol. The Hall–Kier alpha value is -0.900. The summed E-state index contributed by atoms with van der Waals surface area (Å²) >= 11 is 0. The van der Waals surface area contributed by atoms with E-state index in [2.05, 4.69) is 29.6 Å². The number of fused-ring (bicyclic) bond motifs is 1. The van der Waals surface area contributed by atoms with Crippen LogP contribution in [0.15, 0.2) is 24.3 Å². The van der Waals surface area contributed by atoms with Crippen molar-refractivity contribution in [1.82, 2.24) is 5.32 Å². The van der Waals surface area contributed by atoms with E-state index in [0.717, 1.165) is 19.6 Å². The molecule has 0 aromatic heterocycles. The number of nitrogens with one attached hydrogen (secondary N) is 1. The SMILES string of the molecule is COC1(CNC2CCCCc3ccccc32)CCOC1. The molecule has 2 atom stereocenters. The highest BCUT2D eigenvalue weighted by Gasteiger charge is 2.35. The molecule has 0 radical (unpaired) electrons. The molecule has 2 unspecified atom stereocenters. The lowest BCUT2D eigenvalue weighted by atomic mass is 9.97. The molecular formula is C17H25NO2. The number of methoxy groups -OCH3 is 1. The maximum atomic E-state index is 5.72. The Bertz CT molecular complexity index is 440. The average Bonchev–Trinajstić information content (AvgIpc) is 2.87. The van der Waals surface area contributed by atoms with Crippen LogP contribution in [-0.4, -0.2) is 32.5 Å². The molecule has 0 amide bonds. The van der Waals surface area contributed by atoms with Gasteiger partial charge in [0.05, 0.1) is 6.61 Å². The Kier molecular flexibility index (Phi) is 4.39. The van der Waals surface area contributed by atoms with Crippen LogP contribution in [0, 0.1) is 0 Å². The maximum Gasteiger partial charge on any atom is 0.106 e. The molecular weight excluding hydrogens is 250 g/mol. The first kappa shape index (κ1) is 14.1. The zero-order chi connectivity index (χ0) is 13.8. The van der Waals surface area contributed by atoms with Gasteiger partial charge < -0.3 is 14.8 Å². The number of hydrogen-bond donors (Lipinski definition) is 1. The highest BCUT2D eigenvalue weighted by atomic mass is 16.5. The van der Waals surface area contributed by atoms with Crippen molar-refractivity contribution in [3.05, 3.63) is 35.4 Å². The van der Waals surface area contributed by atoms with E-state index in [1.165, 1.54) is 36.8 Å². The molecule has 20 heavy (non-hydrogen) atoms. The van der Waals surface area contributed by atoms with Crippen LogP contribution in [-0.2, 0) is 15.9 Å². The van der Waals surface area contributed by atoms with Crippen LogP contribution in [0.5, 0.6) is 0 Å². The fraction of sp³-hybridized carbons (Fsp3) is 0.647. The third-order valence-corrected chi connectivity index (χ3v) is 4.79. The summed E-state index contributed by atoms with van der Waals surface area (Å²) in [7, 11) is 1.80. The Labute approximate surface area is 121 Å². The second kappa shape index (κ2) is 6.25. The molecule has 0 bridgehead atoms. The van der Waals surface area contributed by atoms with E-state index in [-0.39, 0.29) is 5.60 Å². The van der Waals surface area contributed by atoms with Gasteiger partial charge in [-0.3, -0.25) is 0 Å². The fourth-order valence-electron chi connectivity index (χ4n) is 3.40. The molecule has 1 aliphatic carbocycles. The third kappa shape index (κ3) is 2.90. The van der Waals surface area contributed by atoms with Crippen molar-refractivity contribution in [2.45, 2.75) is 43.7 Å². The van der Waals surface area contributed by atoms with E-state index in [1.54, 1.807) is 7.11 Å². The summed E-state index contributed by atoms with van der Waals surface area (Å²) in [6, 6.07) is 9.33. The van der Waals surface area contributed by atoms with E-state index in [0.29, 0.717) is 12.6 Å². The number of rotatable bonds is 4. The molecule has 3 rings (SSSR count). The number of ether oxygens (including phenoxy) is 2. The molecule has 1 saturated heterocycles.